The van der Waals surface area contributed by atoms with E-state index in [1.165, 1.54) is 79.0 Å². The molecule has 9 rings (SSSR count). The summed E-state index contributed by atoms with van der Waals surface area (Å²) in [6, 6.07) is 32.0. The van der Waals surface area contributed by atoms with E-state index >= 15 is 0 Å². The number of fused-ring (bicyclic) bond motifs is 8. The molecular formula is C39H36BN3. The van der Waals surface area contributed by atoms with Crippen LogP contribution in [0, 0.1) is 13.8 Å². The molecule has 0 unspecified atom stereocenters. The maximum atomic E-state index is 5.36. The Hall–Kier alpha value is -4.31. The minimum Gasteiger partial charge on any atom is -0.281 e. The van der Waals surface area contributed by atoms with Crippen molar-refractivity contribution in [1.82, 2.24) is 14.0 Å². The van der Waals surface area contributed by atoms with E-state index in [2.05, 4.69) is 135 Å². The summed E-state index contributed by atoms with van der Waals surface area (Å²) in [5.41, 5.74) is 16.1. The van der Waals surface area contributed by atoms with Gasteiger partial charge in [-0.25, -0.2) is 4.98 Å². The molecule has 1 aliphatic heterocycles. The van der Waals surface area contributed by atoms with Gasteiger partial charge in [-0.2, -0.15) is 0 Å². The third-order valence-electron chi connectivity index (χ3n) is 10.9. The number of benzene rings is 5. The molecule has 0 saturated heterocycles. The van der Waals surface area contributed by atoms with Crippen LogP contribution >= 0.6 is 0 Å². The van der Waals surface area contributed by atoms with Crippen molar-refractivity contribution in [1.29, 1.82) is 0 Å². The van der Waals surface area contributed by atoms with E-state index in [0.717, 1.165) is 16.8 Å². The van der Waals surface area contributed by atoms with Crippen LogP contribution in [0.3, 0.4) is 0 Å². The van der Waals surface area contributed by atoms with Crippen LogP contribution in [0.15, 0.2) is 84.9 Å². The molecular weight excluding hydrogens is 521 g/mol. The van der Waals surface area contributed by atoms with Gasteiger partial charge in [0.15, 0.2) is 0 Å². The molecule has 5 aromatic carbocycles. The van der Waals surface area contributed by atoms with Crippen LogP contribution in [-0.2, 0) is 10.8 Å². The Kier molecular flexibility index (Phi) is 4.81. The molecule has 2 aromatic heterocycles. The van der Waals surface area contributed by atoms with Gasteiger partial charge in [0.05, 0.1) is 22.1 Å². The zero-order valence-electron chi connectivity index (χ0n) is 25.9. The normalized spacial score (nSPS) is 16.7. The first-order chi connectivity index (χ1) is 20.7. The second kappa shape index (κ2) is 8.20. The Morgan fingerprint density at radius 2 is 1.37 bits per heavy atom. The Morgan fingerprint density at radius 1 is 0.698 bits per heavy atom. The minimum atomic E-state index is 0.105. The standard InChI is InChI=1S/C39H36BN3/c1-23-11-9-12-24(2)35(23)40-28-18-17-25-13-10-16-32-34(25)36(28)43(37-41-30-14-7-8-15-31(30)42(32)37)33-22-27-26(21-29(33)40)38(3,4)19-20-39(27,5)6/h7-18,21-22H,19-20H2,1-6H3. The Labute approximate surface area is 253 Å². The summed E-state index contributed by atoms with van der Waals surface area (Å²) in [5.74, 6) is 0.989. The molecule has 0 spiro atoms. The quantitative estimate of drug-likeness (QED) is 0.193. The van der Waals surface area contributed by atoms with Gasteiger partial charge < -0.3 is 0 Å². The van der Waals surface area contributed by atoms with Crippen molar-refractivity contribution in [2.45, 2.75) is 65.2 Å². The van der Waals surface area contributed by atoms with Crippen LogP contribution in [0.4, 0.5) is 0 Å². The summed E-state index contributed by atoms with van der Waals surface area (Å²) < 4.78 is 4.91. The number of aromatic nitrogens is 3. The van der Waals surface area contributed by atoms with E-state index < -0.39 is 0 Å². The topological polar surface area (TPSA) is 22.2 Å². The van der Waals surface area contributed by atoms with Crippen molar-refractivity contribution in [2.24, 2.45) is 0 Å². The van der Waals surface area contributed by atoms with Crippen molar-refractivity contribution < 1.29 is 0 Å². The lowest BCUT2D eigenvalue weighted by Gasteiger charge is -2.43. The third-order valence-corrected chi connectivity index (χ3v) is 10.9. The Morgan fingerprint density at radius 3 is 2.14 bits per heavy atom. The van der Waals surface area contributed by atoms with Crippen LogP contribution in [0.25, 0.3) is 44.3 Å². The number of hydrogen-bond donors (Lipinski definition) is 0. The maximum Gasteiger partial charge on any atom is 0.247 e. The molecule has 0 fully saturated rings. The van der Waals surface area contributed by atoms with Gasteiger partial charge in [-0.1, -0.05) is 105 Å². The van der Waals surface area contributed by atoms with E-state index in [-0.39, 0.29) is 17.5 Å². The number of imidazole rings is 1. The van der Waals surface area contributed by atoms with Crippen LogP contribution in [0.1, 0.15) is 62.8 Å². The largest absolute Gasteiger partial charge is 0.281 e. The zero-order valence-corrected chi connectivity index (χ0v) is 25.9. The average molecular weight is 558 g/mol. The van der Waals surface area contributed by atoms with Crippen molar-refractivity contribution in [2.75, 3.05) is 0 Å². The smallest absolute Gasteiger partial charge is 0.247 e. The highest BCUT2D eigenvalue weighted by molar-refractivity contribution is 6.98. The van der Waals surface area contributed by atoms with Gasteiger partial charge in [0.2, 0.25) is 12.5 Å². The lowest BCUT2D eigenvalue weighted by molar-refractivity contribution is 0.332. The number of para-hydroxylation sites is 2. The fourth-order valence-corrected chi connectivity index (χ4v) is 8.55. The molecule has 3 heterocycles. The fourth-order valence-electron chi connectivity index (χ4n) is 8.55. The van der Waals surface area contributed by atoms with Crippen LogP contribution < -0.4 is 16.4 Å². The van der Waals surface area contributed by atoms with Crippen molar-refractivity contribution in [3.8, 4) is 5.69 Å². The highest BCUT2D eigenvalue weighted by Crippen LogP contribution is 2.47. The van der Waals surface area contributed by atoms with Crippen LogP contribution in [-0.4, -0.2) is 20.7 Å². The Bertz CT molecular complexity index is 2310. The van der Waals surface area contributed by atoms with Crippen LogP contribution in [0.2, 0.25) is 0 Å². The summed E-state index contributed by atoms with van der Waals surface area (Å²) >= 11 is 0. The molecule has 0 saturated carbocycles. The van der Waals surface area contributed by atoms with Gasteiger partial charge in [-0.05, 0) is 89.2 Å². The molecule has 7 aromatic rings. The van der Waals surface area contributed by atoms with E-state index in [4.69, 9.17) is 4.98 Å². The van der Waals surface area contributed by atoms with Crippen molar-refractivity contribution >= 4 is 61.7 Å². The van der Waals surface area contributed by atoms with Gasteiger partial charge in [0.25, 0.3) is 0 Å². The lowest BCUT2D eigenvalue weighted by Crippen LogP contribution is -2.58. The molecule has 3 nitrogen and oxygen atoms in total. The predicted octanol–water partition coefficient (Wildman–Crippen LogP) is 7.38. The first-order valence-corrected chi connectivity index (χ1v) is 15.7. The maximum absolute atomic E-state index is 5.36. The summed E-state index contributed by atoms with van der Waals surface area (Å²) in [6.45, 7) is 14.5. The van der Waals surface area contributed by atoms with Gasteiger partial charge in [0, 0.05) is 11.1 Å². The molecule has 2 aliphatic rings. The monoisotopic (exact) mass is 557 g/mol. The summed E-state index contributed by atoms with van der Waals surface area (Å²) in [4.78, 5) is 5.36. The lowest BCUT2D eigenvalue weighted by atomic mass is 9.33. The van der Waals surface area contributed by atoms with Gasteiger partial charge in [-0.3, -0.25) is 8.97 Å². The number of rotatable bonds is 1. The molecule has 43 heavy (non-hydrogen) atoms. The number of hydrogen-bond acceptors (Lipinski definition) is 1. The van der Waals surface area contributed by atoms with E-state index in [9.17, 15) is 0 Å². The molecule has 0 bridgehead atoms. The molecule has 210 valence electrons. The molecule has 1 aliphatic carbocycles. The second-order valence-electron chi connectivity index (χ2n) is 14.4. The molecule has 0 atom stereocenters. The average Bonchev–Trinajstić information content (AvgIpc) is 3.38. The van der Waals surface area contributed by atoms with E-state index in [1.807, 2.05) is 0 Å². The zero-order chi connectivity index (χ0) is 29.4. The minimum absolute atomic E-state index is 0.105. The van der Waals surface area contributed by atoms with E-state index in [0.29, 0.717) is 0 Å². The van der Waals surface area contributed by atoms with Crippen molar-refractivity contribution in [3.63, 3.8) is 0 Å². The molecule has 0 amide bonds. The molecule has 0 radical (unpaired) electrons. The van der Waals surface area contributed by atoms with Gasteiger partial charge >= 0.3 is 0 Å². The summed E-state index contributed by atoms with van der Waals surface area (Å²) in [6.07, 6.45) is 2.39. The highest BCUT2D eigenvalue weighted by Gasteiger charge is 2.42. The second-order valence-corrected chi connectivity index (χ2v) is 14.4. The number of aryl methyl sites for hydroxylation is 2. The molecule has 0 N–H and O–H groups in total. The summed E-state index contributed by atoms with van der Waals surface area (Å²) in [5, 5.41) is 2.59. The van der Waals surface area contributed by atoms with Gasteiger partial charge in [-0.15, -0.1) is 0 Å². The number of nitrogens with zero attached hydrogens (tertiary/aromatic N) is 3. The first kappa shape index (κ1) is 25.2. The highest BCUT2D eigenvalue weighted by atomic mass is 15.2. The SMILES string of the molecule is Cc1cccc(C)c1B1c2cc3c(cc2-n2c4c1ccc1cccc(c14)n1c4ccccc4nc21)C(C)(C)CCC3(C)C. The van der Waals surface area contributed by atoms with Crippen LogP contribution in [0.5, 0.6) is 0 Å². The molecule has 4 heteroatoms. The fraction of sp³-hybridized carbons (Fsp3) is 0.256. The van der Waals surface area contributed by atoms with E-state index in [1.54, 1.807) is 0 Å². The van der Waals surface area contributed by atoms with Gasteiger partial charge in [0.1, 0.15) is 0 Å². The first-order valence-electron chi connectivity index (χ1n) is 15.7. The van der Waals surface area contributed by atoms with Crippen molar-refractivity contribution in [3.05, 3.63) is 107 Å². The predicted molar refractivity (Wildman–Crippen MR) is 183 cm³/mol. The summed E-state index contributed by atoms with van der Waals surface area (Å²) in [7, 11) is 0. The Balaban J connectivity index is 1.56. The third kappa shape index (κ3) is 3.19.